The molecule has 0 atom stereocenters. The average molecular weight is 265 g/mol. The van der Waals surface area contributed by atoms with E-state index >= 15 is 0 Å². The Morgan fingerprint density at radius 3 is 2.47 bits per heavy atom. The van der Waals surface area contributed by atoms with Crippen molar-refractivity contribution in [3.63, 3.8) is 0 Å². The normalized spacial score (nSPS) is 9.26. The van der Waals surface area contributed by atoms with Crippen molar-refractivity contribution < 1.29 is 14.4 Å². The second-order valence-electron chi connectivity index (χ2n) is 3.51. The van der Waals surface area contributed by atoms with Gasteiger partial charge in [-0.1, -0.05) is 30.3 Å². The van der Waals surface area contributed by atoms with Gasteiger partial charge in [0.05, 0.1) is 0 Å². The van der Waals surface area contributed by atoms with Crippen molar-refractivity contribution in [2.24, 2.45) is 16.6 Å². The summed E-state index contributed by atoms with van der Waals surface area (Å²) < 4.78 is 0. The summed E-state index contributed by atoms with van der Waals surface area (Å²) in [5.74, 6) is -0.741. The zero-order valence-electron chi connectivity index (χ0n) is 10.1. The highest BCUT2D eigenvalue weighted by molar-refractivity contribution is 5.82. The molecule has 0 unspecified atom stereocenters. The van der Waals surface area contributed by atoms with Crippen LogP contribution in [0.4, 0.5) is 4.79 Å². The summed E-state index contributed by atoms with van der Waals surface area (Å²) in [6.45, 7) is 0.149. The van der Waals surface area contributed by atoms with Crippen LogP contribution in [0.5, 0.6) is 0 Å². The monoisotopic (exact) mass is 265 g/mol. The van der Waals surface area contributed by atoms with E-state index in [1.165, 1.54) is 0 Å². The molecule has 0 fully saturated rings. The third-order valence-corrected chi connectivity index (χ3v) is 1.96. The summed E-state index contributed by atoms with van der Waals surface area (Å²) in [6.07, 6.45) is -0.914. The van der Waals surface area contributed by atoms with Crippen LogP contribution in [0.1, 0.15) is 5.56 Å². The summed E-state index contributed by atoms with van der Waals surface area (Å²) in [7, 11) is 0. The molecule has 19 heavy (non-hydrogen) atoms. The Bertz CT molecular complexity index is 457. The highest BCUT2D eigenvalue weighted by Gasteiger charge is 2.06. The molecule has 1 rings (SSSR count). The predicted molar refractivity (Wildman–Crippen MR) is 68.6 cm³/mol. The smallest absolute Gasteiger partial charge is 0.367 e. The van der Waals surface area contributed by atoms with Gasteiger partial charge in [0.25, 0.3) is 0 Å². The Labute approximate surface area is 109 Å². The Morgan fingerprint density at radius 1 is 1.16 bits per heavy atom. The van der Waals surface area contributed by atoms with E-state index in [2.05, 4.69) is 20.6 Å². The van der Waals surface area contributed by atoms with Crippen molar-refractivity contribution in [2.45, 2.75) is 6.54 Å². The molecule has 102 valence electrons. The van der Waals surface area contributed by atoms with Crippen molar-refractivity contribution in [3.8, 4) is 0 Å². The van der Waals surface area contributed by atoms with Gasteiger partial charge in [0.15, 0.2) is 0 Å². The molecule has 8 nitrogen and oxygen atoms in total. The van der Waals surface area contributed by atoms with E-state index in [4.69, 9.17) is 11.5 Å². The van der Waals surface area contributed by atoms with E-state index in [0.29, 0.717) is 6.54 Å². The first-order valence-electron chi connectivity index (χ1n) is 5.42. The number of nitrogens with zero attached hydrogens (tertiary/aromatic N) is 1. The van der Waals surface area contributed by atoms with Gasteiger partial charge >= 0.3 is 6.09 Å². The molecule has 0 bridgehead atoms. The van der Waals surface area contributed by atoms with Gasteiger partial charge < -0.3 is 22.1 Å². The zero-order chi connectivity index (χ0) is 14.1. The molecule has 0 aliphatic heterocycles. The van der Waals surface area contributed by atoms with Crippen molar-refractivity contribution in [1.29, 1.82) is 0 Å². The Morgan fingerprint density at radius 2 is 1.84 bits per heavy atom. The fourth-order valence-electron chi connectivity index (χ4n) is 1.14. The molecule has 0 aromatic heterocycles. The van der Waals surface area contributed by atoms with Crippen LogP contribution in [-0.2, 0) is 16.2 Å². The minimum Gasteiger partial charge on any atom is -0.367 e. The van der Waals surface area contributed by atoms with Gasteiger partial charge in [0, 0.05) is 6.54 Å². The number of nitrogens with two attached hydrogens (primary N) is 2. The SMILES string of the molecule is NC(N)=NOC(=O)NCC(=O)NCc1ccccc1. The molecule has 0 aliphatic carbocycles. The molecular formula is C11H15N5O3. The first-order chi connectivity index (χ1) is 9.08. The van der Waals surface area contributed by atoms with Crippen LogP contribution in [-0.4, -0.2) is 24.5 Å². The number of amides is 2. The molecule has 0 radical (unpaired) electrons. The number of rotatable bonds is 5. The summed E-state index contributed by atoms with van der Waals surface area (Å²) in [4.78, 5) is 26.6. The fraction of sp³-hybridized carbons (Fsp3) is 0.182. The Balaban J connectivity index is 2.21. The van der Waals surface area contributed by atoms with Crippen LogP contribution in [0.15, 0.2) is 35.5 Å². The molecule has 1 aromatic carbocycles. The van der Waals surface area contributed by atoms with Gasteiger partial charge in [-0.25, -0.2) is 4.79 Å². The van der Waals surface area contributed by atoms with Crippen molar-refractivity contribution in [2.75, 3.05) is 6.54 Å². The van der Waals surface area contributed by atoms with Gasteiger partial charge in [0.2, 0.25) is 11.9 Å². The summed E-state index contributed by atoms with van der Waals surface area (Å²) in [5, 5.41) is 7.83. The topological polar surface area (TPSA) is 132 Å². The molecule has 0 spiro atoms. The Hall–Kier alpha value is -2.77. The number of hydrogen-bond donors (Lipinski definition) is 4. The van der Waals surface area contributed by atoms with Crippen LogP contribution >= 0.6 is 0 Å². The van der Waals surface area contributed by atoms with Gasteiger partial charge in [-0.05, 0) is 10.7 Å². The Kier molecular flexibility index (Phi) is 5.67. The molecule has 0 aliphatic rings. The molecule has 8 heteroatoms. The molecule has 1 aromatic rings. The molecule has 0 saturated heterocycles. The second-order valence-corrected chi connectivity index (χ2v) is 3.51. The molecule has 0 heterocycles. The second kappa shape index (κ2) is 7.54. The van der Waals surface area contributed by atoms with Crippen LogP contribution in [0.25, 0.3) is 0 Å². The lowest BCUT2D eigenvalue weighted by atomic mass is 10.2. The number of carbonyl (C=O) groups is 2. The lowest BCUT2D eigenvalue weighted by molar-refractivity contribution is -0.120. The van der Waals surface area contributed by atoms with Crippen LogP contribution in [0, 0.1) is 0 Å². The summed E-state index contributed by atoms with van der Waals surface area (Å²) >= 11 is 0. The molecule has 6 N–H and O–H groups in total. The molecule has 2 amide bonds. The largest absolute Gasteiger partial charge is 0.433 e. The van der Waals surface area contributed by atoms with Gasteiger partial charge in [-0.15, -0.1) is 0 Å². The number of oxime groups is 1. The minimum atomic E-state index is -0.914. The number of guanidine groups is 1. The van der Waals surface area contributed by atoms with Crippen LogP contribution < -0.4 is 22.1 Å². The van der Waals surface area contributed by atoms with E-state index < -0.39 is 6.09 Å². The number of carbonyl (C=O) groups excluding carboxylic acids is 2. The molecule has 0 saturated carbocycles. The number of nitrogens with one attached hydrogen (secondary N) is 2. The van der Waals surface area contributed by atoms with Crippen molar-refractivity contribution >= 4 is 18.0 Å². The van der Waals surface area contributed by atoms with Crippen molar-refractivity contribution in [3.05, 3.63) is 35.9 Å². The summed E-state index contributed by atoms with van der Waals surface area (Å²) in [6, 6.07) is 9.37. The van der Waals surface area contributed by atoms with E-state index in [0.717, 1.165) is 5.56 Å². The maximum Gasteiger partial charge on any atom is 0.433 e. The number of hydrogen-bond acceptors (Lipinski definition) is 4. The third-order valence-electron chi connectivity index (χ3n) is 1.96. The average Bonchev–Trinajstić information content (AvgIpc) is 2.41. The van der Waals surface area contributed by atoms with E-state index in [1.54, 1.807) is 0 Å². The lowest BCUT2D eigenvalue weighted by Crippen LogP contribution is -2.36. The number of benzene rings is 1. The van der Waals surface area contributed by atoms with E-state index in [-0.39, 0.29) is 18.4 Å². The van der Waals surface area contributed by atoms with E-state index in [9.17, 15) is 9.59 Å². The quantitative estimate of drug-likeness (QED) is 0.240. The van der Waals surface area contributed by atoms with Crippen LogP contribution in [0.2, 0.25) is 0 Å². The maximum absolute atomic E-state index is 11.4. The zero-order valence-corrected chi connectivity index (χ0v) is 10.1. The van der Waals surface area contributed by atoms with Gasteiger partial charge in [0.1, 0.15) is 6.54 Å². The van der Waals surface area contributed by atoms with Gasteiger partial charge in [-0.2, -0.15) is 0 Å². The standard InChI is InChI=1S/C11H15N5O3/c12-10(13)16-19-11(18)15-7-9(17)14-6-8-4-2-1-3-5-8/h1-5H,6-7H2,(H,14,17)(H,15,18)(H4,12,13,16). The first kappa shape index (κ1) is 14.3. The summed E-state index contributed by atoms with van der Waals surface area (Å²) in [5.41, 5.74) is 10.9. The predicted octanol–water partition coefficient (Wildman–Crippen LogP) is -0.783. The first-order valence-corrected chi connectivity index (χ1v) is 5.42. The highest BCUT2D eigenvalue weighted by atomic mass is 16.7. The van der Waals surface area contributed by atoms with Crippen molar-refractivity contribution in [1.82, 2.24) is 10.6 Å². The lowest BCUT2D eigenvalue weighted by Gasteiger charge is -2.05. The fourth-order valence-corrected chi connectivity index (χ4v) is 1.14. The maximum atomic E-state index is 11.4. The van der Waals surface area contributed by atoms with Crippen LogP contribution in [0.3, 0.4) is 0 Å². The van der Waals surface area contributed by atoms with Gasteiger partial charge in [-0.3, -0.25) is 9.63 Å². The minimum absolute atomic E-state index is 0.230. The highest BCUT2D eigenvalue weighted by Crippen LogP contribution is 1.96. The third kappa shape index (κ3) is 6.51. The van der Waals surface area contributed by atoms with E-state index in [1.807, 2.05) is 30.3 Å². The molecular weight excluding hydrogens is 250 g/mol.